The van der Waals surface area contributed by atoms with Crippen molar-refractivity contribution in [1.29, 1.82) is 5.26 Å². The van der Waals surface area contributed by atoms with Gasteiger partial charge in [-0.25, -0.2) is 4.79 Å². The molecule has 3 nitrogen and oxygen atoms in total. The summed E-state index contributed by atoms with van der Waals surface area (Å²) in [6.07, 6.45) is 1.57. The van der Waals surface area contributed by atoms with Crippen LogP contribution in [-0.4, -0.2) is 13.1 Å². The van der Waals surface area contributed by atoms with Gasteiger partial charge in [0, 0.05) is 0 Å². The highest BCUT2D eigenvalue weighted by molar-refractivity contribution is 5.98. The van der Waals surface area contributed by atoms with Gasteiger partial charge in [0.2, 0.25) is 0 Å². The van der Waals surface area contributed by atoms with Crippen molar-refractivity contribution < 1.29 is 9.53 Å². The Kier molecular flexibility index (Phi) is 4.47. The van der Waals surface area contributed by atoms with E-state index in [2.05, 4.69) is 18.6 Å². The average molecular weight is 229 g/mol. The summed E-state index contributed by atoms with van der Waals surface area (Å²) >= 11 is 0. The number of carbonyl (C=O) groups is 1. The Balaban J connectivity index is 3.21. The van der Waals surface area contributed by atoms with Crippen LogP contribution in [0.1, 0.15) is 30.9 Å². The molecule has 17 heavy (non-hydrogen) atoms. The lowest BCUT2D eigenvalue weighted by Gasteiger charge is -2.09. The molecule has 0 aliphatic heterocycles. The lowest BCUT2D eigenvalue weighted by Crippen LogP contribution is -2.03. The van der Waals surface area contributed by atoms with Crippen LogP contribution in [0, 0.1) is 11.3 Å². The molecule has 0 aromatic heterocycles. The predicted octanol–water partition coefficient (Wildman–Crippen LogP) is 2.89. The van der Waals surface area contributed by atoms with Crippen molar-refractivity contribution >= 4 is 12.0 Å². The molecule has 0 aliphatic carbocycles. The number of ether oxygens (including phenoxy) is 1. The third kappa shape index (κ3) is 3.18. The Hall–Kier alpha value is -2.08. The van der Waals surface area contributed by atoms with Gasteiger partial charge in [0.15, 0.2) is 0 Å². The van der Waals surface area contributed by atoms with E-state index in [0.717, 1.165) is 11.1 Å². The molecule has 1 aromatic rings. The van der Waals surface area contributed by atoms with Gasteiger partial charge in [-0.3, -0.25) is 0 Å². The van der Waals surface area contributed by atoms with Crippen LogP contribution in [-0.2, 0) is 9.53 Å². The molecule has 1 aromatic carbocycles. The smallest absolute Gasteiger partial charge is 0.348 e. The first-order valence-electron chi connectivity index (χ1n) is 5.39. The topological polar surface area (TPSA) is 50.1 Å². The van der Waals surface area contributed by atoms with Crippen LogP contribution in [0.15, 0.2) is 29.8 Å². The molecule has 0 spiro atoms. The van der Waals surface area contributed by atoms with Gasteiger partial charge in [0.1, 0.15) is 11.6 Å². The molecule has 0 amide bonds. The minimum atomic E-state index is -0.606. The molecular formula is C14H15NO2. The molecule has 3 heteroatoms. The standard InChI is InChI=1S/C14H15NO2/c1-10(2)13-7-5-4-6-11(13)8-12(9-15)14(16)17-3/h4-8,10H,1-3H3. The van der Waals surface area contributed by atoms with Crippen LogP contribution >= 0.6 is 0 Å². The third-order valence-electron chi connectivity index (χ3n) is 2.44. The quantitative estimate of drug-likeness (QED) is 0.455. The average Bonchev–Trinajstić information content (AvgIpc) is 2.35. The van der Waals surface area contributed by atoms with Gasteiger partial charge in [-0.05, 0) is 23.1 Å². The van der Waals surface area contributed by atoms with Crippen LogP contribution in [0.4, 0.5) is 0 Å². The van der Waals surface area contributed by atoms with Crippen molar-refractivity contribution in [2.75, 3.05) is 7.11 Å². The molecule has 1 rings (SSSR count). The Labute approximate surface area is 101 Å². The van der Waals surface area contributed by atoms with Gasteiger partial charge in [-0.1, -0.05) is 38.1 Å². The highest BCUT2D eigenvalue weighted by Gasteiger charge is 2.10. The number of hydrogen-bond donors (Lipinski definition) is 0. The molecule has 88 valence electrons. The van der Waals surface area contributed by atoms with E-state index in [1.165, 1.54) is 7.11 Å². The maximum atomic E-state index is 11.3. The first-order valence-corrected chi connectivity index (χ1v) is 5.39. The van der Waals surface area contributed by atoms with Gasteiger partial charge >= 0.3 is 5.97 Å². The molecule has 0 radical (unpaired) electrons. The number of hydrogen-bond acceptors (Lipinski definition) is 3. The number of nitriles is 1. The zero-order valence-electron chi connectivity index (χ0n) is 10.2. The lowest BCUT2D eigenvalue weighted by atomic mass is 9.96. The van der Waals surface area contributed by atoms with E-state index < -0.39 is 5.97 Å². The Morgan fingerprint density at radius 3 is 2.59 bits per heavy atom. The molecule has 0 saturated heterocycles. The van der Waals surface area contributed by atoms with Crippen LogP contribution in [0.5, 0.6) is 0 Å². The minimum Gasteiger partial charge on any atom is -0.465 e. The zero-order valence-corrected chi connectivity index (χ0v) is 10.2. The molecule has 0 heterocycles. The number of rotatable bonds is 3. The second-order valence-corrected chi connectivity index (χ2v) is 3.95. The summed E-state index contributed by atoms with van der Waals surface area (Å²) in [4.78, 5) is 11.3. The lowest BCUT2D eigenvalue weighted by molar-refractivity contribution is -0.135. The summed E-state index contributed by atoms with van der Waals surface area (Å²) in [7, 11) is 1.27. The van der Waals surface area contributed by atoms with E-state index in [9.17, 15) is 4.79 Å². The molecular weight excluding hydrogens is 214 g/mol. The summed E-state index contributed by atoms with van der Waals surface area (Å²) in [6.45, 7) is 4.13. The molecule has 0 saturated carbocycles. The first-order chi connectivity index (χ1) is 8.10. The minimum absolute atomic E-state index is 0.0144. The van der Waals surface area contributed by atoms with E-state index in [1.807, 2.05) is 30.3 Å². The van der Waals surface area contributed by atoms with E-state index in [1.54, 1.807) is 6.08 Å². The maximum Gasteiger partial charge on any atom is 0.348 e. The number of carbonyl (C=O) groups excluding carboxylic acids is 1. The van der Waals surface area contributed by atoms with Crippen molar-refractivity contribution in [3.05, 3.63) is 41.0 Å². The molecule has 0 bridgehead atoms. The first kappa shape index (κ1) is 13.0. The third-order valence-corrected chi connectivity index (χ3v) is 2.44. The normalized spacial score (nSPS) is 11.1. The Bertz CT molecular complexity index is 481. The largest absolute Gasteiger partial charge is 0.465 e. The second kappa shape index (κ2) is 5.86. The van der Waals surface area contributed by atoms with Crippen molar-refractivity contribution in [2.24, 2.45) is 0 Å². The van der Waals surface area contributed by atoms with Crippen molar-refractivity contribution in [3.63, 3.8) is 0 Å². The summed E-state index contributed by atoms with van der Waals surface area (Å²) in [6, 6.07) is 9.55. The van der Waals surface area contributed by atoms with Crippen LogP contribution in [0.3, 0.4) is 0 Å². The summed E-state index contributed by atoms with van der Waals surface area (Å²) in [5.74, 6) is -0.272. The maximum absolute atomic E-state index is 11.3. The van der Waals surface area contributed by atoms with Crippen molar-refractivity contribution in [3.8, 4) is 6.07 Å². The highest BCUT2D eigenvalue weighted by Crippen LogP contribution is 2.21. The van der Waals surface area contributed by atoms with Gasteiger partial charge in [-0.15, -0.1) is 0 Å². The van der Waals surface area contributed by atoms with Gasteiger partial charge in [0.05, 0.1) is 7.11 Å². The Morgan fingerprint density at radius 2 is 2.06 bits per heavy atom. The molecule has 0 aliphatic rings. The van der Waals surface area contributed by atoms with Gasteiger partial charge in [0.25, 0.3) is 0 Å². The van der Waals surface area contributed by atoms with E-state index in [-0.39, 0.29) is 5.57 Å². The molecule has 0 atom stereocenters. The number of esters is 1. The van der Waals surface area contributed by atoms with Crippen LogP contribution in [0.2, 0.25) is 0 Å². The zero-order chi connectivity index (χ0) is 12.8. The van der Waals surface area contributed by atoms with Crippen molar-refractivity contribution in [2.45, 2.75) is 19.8 Å². The van der Waals surface area contributed by atoms with E-state index in [0.29, 0.717) is 5.92 Å². The monoisotopic (exact) mass is 229 g/mol. The van der Waals surface area contributed by atoms with E-state index >= 15 is 0 Å². The molecule has 0 N–H and O–H groups in total. The Morgan fingerprint density at radius 1 is 1.41 bits per heavy atom. The fourth-order valence-corrected chi connectivity index (χ4v) is 1.57. The molecule has 0 fully saturated rings. The van der Waals surface area contributed by atoms with E-state index in [4.69, 9.17) is 5.26 Å². The van der Waals surface area contributed by atoms with Crippen LogP contribution in [0.25, 0.3) is 6.08 Å². The number of benzene rings is 1. The SMILES string of the molecule is COC(=O)C(C#N)=Cc1ccccc1C(C)C. The fourth-order valence-electron chi connectivity index (χ4n) is 1.57. The van der Waals surface area contributed by atoms with Crippen LogP contribution < -0.4 is 0 Å². The summed E-state index contributed by atoms with van der Waals surface area (Å²) in [5.41, 5.74) is 1.99. The van der Waals surface area contributed by atoms with Gasteiger partial charge < -0.3 is 4.74 Å². The summed E-state index contributed by atoms with van der Waals surface area (Å²) < 4.78 is 4.55. The summed E-state index contributed by atoms with van der Waals surface area (Å²) in [5, 5.41) is 8.90. The second-order valence-electron chi connectivity index (χ2n) is 3.95. The number of nitrogens with zero attached hydrogens (tertiary/aromatic N) is 1. The fraction of sp³-hybridized carbons (Fsp3) is 0.286. The number of methoxy groups -OCH3 is 1. The molecule has 0 unspecified atom stereocenters. The van der Waals surface area contributed by atoms with Crippen molar-refractivity contribution in [1.82, 2.24) is 0 Å². The van der Waals surface area contributed by atoms with Gasteiger partial charge in [-0.2, -0.15) is 5.26 Å². The predicted molar refractivity (Wildman–Crippen MR) is 66.1 cm³/mol. The highest BCUT2D eigenvalue weighted by atomic mass is 16.5.